The maximum absolute atomic E-state index is 12.5. The van der Waals surface area contributed by atoms with Crippen molar-refractivity contribution in [2.75, 3.05) is 13.1 Å². The summed E-state index contributed by atoms with van der Waals surface area (Å²) in [5.74, 6) is -0.512. The molecule has 1 aromatic carbocycles. The van der Waals surface area contributed by atoms with Gasteiger partial charge in [-0.25, -0.2) is 0 Å². The van der Waals surface area contributed by atoms with Gasteiger partial charge in [0, 0.05) is 24.2 Å². The lowest BCUT2D eigenvalue weighted by Gasteiger charge is -2.23. The number of carbonyl (C=O) groups is 2. The first kappa shape index (κ1) is 14.6. The second-order valence-electron chi connectivity index (χ2n) is 6.26. The van der Waals surface area contributed by atoms with Crippen molar-refractivity contribution in [1.82, 2.24) is 4.90 Å². The SMILES string of the molecule is CC1(C)CCCN(C(=O)c2cccc(C(N)=O)c2)CC1. The van der Waals surface area contributed by atoms with Crippen LogP contribution in [0.25, 0.3) is 0 Å². The van der Waals surface area contributed by atoms with Crippen molar-refractivity contribution in [3.8, 4) is 0 Å². The Hall–Kier alpha value is -1.84. The van der Waals surface area contributed by atoms with Crippen LogP contribution in [-0.4, -0.2) is 29.8 Å². The summed E-state index contributed by atoms with van der Waals surface area (Å²) in [5.41, 5.74) is 6.48. The number of hydrogen-bond donors (Lipinski definition) is 1. The highest BCUT2D eigenvalue weighted by Gasteiger charge is 2.26. The molecule has 1 fully saturated rings. The van der Waals surface area contributed by atoms with E-state index in [4.69, 9.17) is 5.73 Å². The average molecular weight is 274 g/mol. The van der Waals surface area contributed by atoms with Gasteiger partial charge in [0.1, 0.15) is 0 Å². The van der Waals surface area contributed by atoms with Crippen molar-refractivity contribution in [1.29, 1.82) is 0 Å². The molecule has 0 atom stereocenters. The van der Waals surface area contributed by atoms with Crippen molar-refractivity contribution in [2.45, 2.75) is 33.1 Å². The minimum Gasteiger partial charge on any atom is -0.366 e. The van der Waals surface area contributed by atoms with Crippen molar-refractivity contribution in [3.05, 3.63) is 35.4 Å². The lowest BCUT2D eigenvalue weighted by Crippen LogP contribution is -2.32. The molecular weight excluding hydrogens is 252 g/mol. The van der Waals surface area contributed by atoms with Crippen molar-refractivity contribution in [3.63, 3.8) is 0 Å². The average Bonchev–Trinajstić information content (AvgIpc) is 2.59. The van der Waals surface area contributed by atoms with Gasteiger partial charge in [-0.3, -0.25) is 9.59 Å². The van der Waals surface area contributed by atoms with Crippen LogP contribution in [0.5, 0.6) is 0 Å². The van der Waals surface area contributed by atoms with Gasteiger partial charge in [-0.05, 0) is 42.9 Å². The van der Waals surface area contributed by atoms with E-state index in [9.17, 15) is 9.59 Å². The number of carbonyl (C=O) groups excluding carboxylic acids is 2. The Morgan fingerprint density at radius 2 is 1.85 bits per heavy atom. The Morgan fingerprint density at radius 1 is 1.15 bits per heavy atom. The second kappa shape index (κ2) is 5.65. The summed E-state index contributed by atoms with van der Waals surface area (Å²) >= 11 is 0. The largest absolute Gasteiger partial charge is 0.366 e. The van der Waals surface area contributed by atoms with Gasteiger partial charge in [0.05, 0.1) is 0 Å². The Balaban J connectivity index is 2.15. The van der Waals surface area contributed by atoms with E-state index in [-0.39, 0.29) is 5.91 Å². The smallest absolute Gasteiger partial charge is 0.253 e. The fourth-order valence-corrected chi connectivity index (χ4v) is 2.61. The zero-order chi connectivity index (χ0) is 14.8. The molecule has 4 nitrogen and oxygen atoms in total. The van der Waals surface area contributed by atoms with E-state index in [1.54, 1.807) is 24.3 Å². The Morgan fingerprint density at radius 3 is 2.55 bits per heavy atom. The number of likely N-dealkylation sites (tertiary alicyclic amines) is 1. The Bertz CT molecular complexity index is 523. The Kier molecular flexibility index (Phi) is 4.12. The van der Waals surface area contributed by atoms with Crippen LogP contribution in [0.4, 0.5) is 0 Å². The van der Waals surface area contributed by atoms with Gasteiger partial charge in [0.2, 0.25) is 5.91 Å². The van der Waals surface area contributed by atoms with E-state index in [0.717, 1.165) is 32.4 Å². The third-order valence-corrected chi connectivity index (χ3v) is 4.02. The van der Waals surface area contributed by atoms with E-state index in [2.05, 4.69) is 13.8 Å². The molecule has 1 saturated heterocycles. The van der Waals surface area contributed by atoms with Crippen LogP contribution in [0.15, 0.2) is 24.3 Å². The first-order chi connectivity index (χ1) is 9.39. The Labute approximate surface area is 119 Å². The summed E-state index contributed by atoms with van der Waals surface area (Å²) in [6.45, 7) is 6.04. The zero-order valence-electron chi connectivity index (χ0n) is 12.2. The van der Waals surface area contributed by atoms with Gasteiger partial charge in [-0.15, -0.1) is 0 Å². The molecular formula is C16H22N2O2. The van der Waals surface area contributed by atoms with E-state index >= 15 is 0 Å². The van der Waals surface area contributed by atoms with Gasteiger partial charge >= 0.3 is 0 Å². The molecule has 0 spiro atoms. The molecule has 0 unspecified atom stereocenters. The molecule has 0 aromatic heterocycles. The van der Waals surface area contributed by atoms with E-state index in [1.165, 1.54) is 0 Å². The van der Waals surface area contributed by atoms with E-state index in [0.29, 0.717) is 16.5 Å². The molecule has 1 aromatic rings. The molecule has 2 rings (SSSR count). The summed E-state index contributed by atoms with van der Waals surface area (Å²) in [4.78, 5) is 25.6. The van der Waals surface area contributed by atoms with Crippen LogP contribution in [0.3, 0.4) is 0 Å². The van der Waals surface area contributed by atoms with Crippen LogP contribution in [0.2, 0.25) is 0 Å². The van der Waals surface area contributed by atoms with Crippen LogP contribution in [-0.2, 0) is 0 Å². The minimum absolute atomic E-state index is 0.00852. The summed E-state index contributed by atoms with van der Waals surface area (Å²) in [6.07, 6.45) is 3.17. The van der Waals surface area contributed by atoms with Crippen LogP contribution < -0.4 is 5.73 Å². The lowest BCUT2D eigenvalue weighted by atomic mass is 9.85. The topological polar surface area (TPSA) is 63.4 Å². The zero-order valence-corrected chi connectivity index (χ0v) is 12.2. The predicted molar refractivity (Wildman–Crippen MR) is 78.5 cm³/mol. The fraction of sp³-hybridized carbons (Fsp3) is 0.500. The number of nitrogens with two attached hydrogens (primary N) is 1. The van der Waals surface area contributed by atoms with Crippen LogP contribution >= 0.6 is 0 Å². The summed E-state index contributed by atoms with van der Waals surface area (Å²) in [7, 11) is 0. The van der Waals surface area contributed by atoms with Crippen molar-refractivity contribution >= 4 is 11.8 Å². The monoisotopic (exact) mass is 274 g/mol. The molecule has 20 heavy (non-hydrogen) atoms. The first-order valence-electron chi connectivity index (χ1n) is 7.08. The minimum atomic E-state index is -0.503. The molecule has 0 radical (unpaired) electrons. The van der Waals surface area contributed by atoms with Gasteiger partial charge in [-0.2, -0.15) is 0 Å². The molecule has 0 bridgehead atoms. The van der Waals surface area contributed by atoms with E-state index < -0.39 is 5.91 Å². The number of nitrogens with zero attached hydrogens (tertiary/aromatic N) is 1. The third-order valence-electron chi connectivity index (χ3n) is 4.02. The third kappa shape index (κ3) is 3.38. The second-order valence-corrected chi connectivity index (χ2v) is 6.26. The van der Waals surface area contributed by atoms with Gasteiger partial charge in [-0.1, -0.05) is 19.9 Å². The molecule has 108 valence electrons. The number of benzene rings is 1. The highest BCUT2D eigenvalue weighted by molar-refractivity contribution is 5.99. The summed E-state index contributed by atoms with van der Waals surface area (Å²) in [6, 6.07) is 6.66. The van der Waals surface area contributed by atoms with E-state index in [1.807, 2.05) is 4.90 Å². The molecule has 1 aliphatic heterocycles. The summed E-state index contributed by atoms with van der Waals surface area (Å²) < 4.78 is 0. The number of primary amides is 1. The molecule has 1 heterocycles. The lowest BCUT2D eigenvalue weighted by molar-refractivity contribution is 0.0757. The standard InChI is InChI=1S/C16H22N2O2/c1-16(2)7-4-9-18(10-8-16)15(20)13-6-3-5-12(11-13)14(17)19/h3,5-6,11H,4,7-10H2,1-2H3,(H2,17,19). The summed E-state index contributed by atoms with van der Waals surface area (Å²) in [5, 5.41) is 0. The maximum Gasteiger partial charge on any atom is 0.253 e. The molecule has 4 heteroatoms. The van der Waals surface area contributed by atoms with Gasteiger partial charge < -0.3 is 10.6 Å². The predicted octanol–water partition coefficient (Wildman–Crippen LogP) is 2.44. The van der Waals surface area contributed by atoms with Gasteiger partial charge in [0.15, 0.2) is 0 Å². The number of amides is 2. The number of hydrogen-bond acceptors (Lipinski definition) is 2. The molecule has 1 aliphatic rings. The molecule has 0 aliphatic carbocycles. The normalized spacial score (nSPS) is 18.4. The quantitative estimate of drug-likeness (QED) is 0.900. The molecule has 2 N–H and O–H groups in total. The molecule has 0 saturated carbocycles. The van der Waals surface area contributed by atoms with Crippen LogP contribution in [0, 0.1) is 5.41 Å². The highest BCUT2D eigenvalue weighted by atomic mass is 16.2. The fourth-order valence-electron chi connectivity index (χ4n) is 2.61. The van der Waals surface area contributed by atoms with Crippen molar-refractivity contribution < 1.29 is 9.59 Å². The van der Waals surface area contributed by atoms with Crippen LogP contribution in [0.1, 0.15) is 53.8 Å². The molecule has 2 amide bonds. The van der Waals surface area contributed by atoms with Gasteiger partial charge in [0.25, 0.3) is 5.91 Å². The maximum atomic E-state index is 12.5. The van der Waals surface area contributed by atoms with Crippen molar-refractivity contribution in [2.24, 2.45) is 11.1 Å². The number of rotatable bonds is 2. The highest BCUT2D eigenvalue weighted by Crippen LogP contribution is 2.30. The first-order valence-corrected chi connectivity index (χ1v) is 7.08.